The molecule has 0 saturated carbocycles. The number of halogens is 1. The largest absolute Gasteiger partial charge is 0.388 e. The van der Waals surface area contributed by atoms with E-state index in [0.29, 0.717) is 6.42 Å². The van der Waals surface area contributed by atoms with E-state index in [0.717, 1.165) is 47.4 Å². The fourth-order valence-corrected chi connectivity index (χ4v) is 3.14. The minimum Gasteiger partial charge on any atom is -0.388 e. The van der Waals surface area contributed by atoms with Gasteiger partial charge >= 0.3 is 0 Å². The third-order valence-electron chi connectivity index (χ3n) is 3.57. The summed E-state index contributed by atoms with van der Waals surface area (Å²) in [4.78, 5) is 0. The van der Waals surface area contributed by atoms with Crippen molar-refractivity contribution in [3.8, 4) is 0 Å². The highest BCUT2D eigenvalue weighted by atomic mass is 79.9. The molecule has 0 aliphatic heterocycles. The Morgan fingerprint density at radius 1 is 1.33 bits per heavy atom. The second kappa shape index (κ2) is 7.22. The van der Waals surface area contributed by atoms with E-state index in [1.165, 1.54) is 0 Å². The van der Waals surface area contributed by atoms with Crippen LogP contribution in [0, 0.1) is 0 Å². The van der Waals surface area contributed by atoms with E-state index in [2.05, 4.69) is 46.9 Å². The first kappa shape index (κ1) is 16.2. The number of aromatic nitrogens is 4. The Labute approximate surface area is 134 Å². The minimum atomic E-state index is -0.557. The lowest BCUT2D eigenvalue weighted by Gasteiger charge is -2.10. The first-order valence-electron chi connectivity index (χ1n) is 7.55. The van der Waals surface area contributed by atoms with Crippen molar-refractivity contribution in [1.82, 2.24) is 19.6 Å². The molecule has 5 nitrogen and oxygen atoms in total. The molecule has 2 aromatic heterocycles. The summed E-state index contributed by atoms with van der Waals surface area (Å²) in [5.74, 6) is 0. The van der Waals surface area contributed by atoms with Gasteiger partial charge in [0.1, 0.15) is 0 Å². The van der Waals surface area contributed by atoms with Crippen LogP contribution < -0.4 is 0 Å². The number of hydrogen-bond donors (Lipinski definition) is 1. The maximum absolute atomic E-state index is 10.5. The van der Waals surface area contributed by atoms with E-state index in [9.17, 15) is 5.11 Å². The zero-order valence-corrected chi connectivity index (χ0v) is 14.5. The predicted octanol–water partition coefficient (Wildman–Crippen LogP) is 3.11. The van der Waals surface area contributed by atoms with Crippen LogP contribution in [-0.2, 0) is 25.9 Å². The van der Waals surface area contributed by atoms with E-state index in [1.807, 2.05) is 15.6 Å². The molecule has 0 fully saturated rings. The first-order valence-corrected chi connectivity index (χ1v) is 8.34. The average Bonchev–Trinajstić information content (AvgIpc) is 3.05. The van der Waals surface area contributed by atoms with Gasteiger partial charge in [0.25, 0.3) is 0 Å². The standard InChI is InChI=1S/C15H23BrN4O/c1-4-7-19-10-11(9-17-19)14(21)8-13-15(16)12(5-2)18-20(13)6-3/h9-10,14,21H,4-8H2,1-3H3. The highest BCUT2D eigenvalue weighted by Gasteiger charge is 2.19. The van der Waals surface area contributed by atoms with Crippen LogP contribution in [-0.4, -0.2) is 24.7 Å². The Morgan fingerprint density at radius 3 is 2.71 bits per heavy atom. The van der Waals surface area contributed by atoms with Crippen LogP contribution in [0.1, 0.15) is 50.2 Å². The van der Waals surface area contributed by atoms with Gasteiger partial charge in [-0.05, 0) is 35.7 Å². The lowest BCUT2D eigenvalue weighted by Crippen LogP contribution is -2.08. The molecule has 2 aromatic rings. The monoisotopic (exact) mass is 354 g/mol. The summed E-state index contributed by atoms with van der Waals surface area (Å²) in [6.45, 7) is 7.94. The zero-order chi connectivity index (χ0) is 15.4. The zero-order valence-electron chi connectivity index (χ0n) is 12.9. The van der Waals surface area contributed by atoms with E-state index >= 15 is 0 Å². The number of aryl methyl sites for hydroxylation is 3. The molecule has 116 valence electrons. The van der Waals surface area contributed by atoms with Crippen LogP contribution in [0.4, 0.5) is 0 Å². The van der Waals surface area contributed by atoms with Gasteiger partial charge in [0.2, 0.25) is 0 Å². The van der Waals surface area contributed by atoms with Gasteiger partial charge in [0.15, 0.2) is 0 Å². The molecular formula is C15H23BrN4O. The molecule has 0 aliphatic rings. The van der Waals surface area contributed by atoms with Gasteiger partial charge in [-0.2, -0.15) is 10.2 Å². The number of hydrogen-bond acceptors (Lipinski definition) is 3. The lowest BCUT2D eigenvalue weighted by atomic mass is 10.1. The second-order valence-electron chi connectivity index (χ2n) is 5.13. The van der Waals surface area contributed by atoms with Crippen LogP contribution in [0.25, 0.3) is 0 Å². The van der Waals surface area contributed by atoms with Crippen molar-refractivity contribution in [3.05, 3.63) is 33.8 Å². The topological polar surface area (TPSA) is 55.9 Å². The SMILES string of the molecule is CCCn1cc(C(O)Cc2c(Br)c(CC)nn2CC)cn1. The third kappa shape index (κ3) is 3.55. The van der Waals surface area contributed by atoms with E-state index < -0.39 is 6.10 Å². The summed E-state index contributed by atoms with van der Waals surface area (Å²) >= 11 is 3.62. The number of nitrogens with zero attached hydrogens (tertiary/aromatic N) is 4. The van der Waals surface area contributed by atoms with Gasteiger partial charge in [0, 0.05) is 31.3 Å². The quantitative estimate of drug-likeness (QED) is 0.830. The molecule has 1 unspecified atom stereocenters. The van der Waals surface area contributed by atoms with E-state index in [4.69, 9.17) is 0 Å². The van der Waals surface area contributed by atoms with Crippen molar-refractivity contribution in [1.29, 1.82) is 0 Å². The van der Waals surface area contributed by atoms with Gasteiger partial charge in [-0.3, -0.25) is 9.36 Å². The molecule has 2 heterocycles. The normalized spacial score (nSPS) is 12.8. The molecule has 2 rings (SSSR count). The third-order valence-corrected chi connectivity index (χ3v) is 4.49. The molecule has 0 aromatic carbocycles. The first-order chi connectivity index (χ1) is 10.1. The molecule has 21 heavy (non-hydrogen) atoms. The van der Waals surface area contributed by atoms with Crippen molar-refractivity contribution in [2.75, 3.05) is 0 Å². The maximum atomic E-state index is 10.5. The molecule has 0 amide bonds. The molecular weight excluding hydrogens is 332 g/mol. The number of aliphatic hydroxyl groups excluding tert-OH is 1. The predicted molar refractivity (Wildman–Crippen MR) is 86.2 cm³/mol. The lowest BCUT2D eigenvalue weighted by molar-refractivity contribution is 0.175. The summed E-state index contributed by atoms with van der Waals surface area (Å²) in [5.41, 5.74) is 2.95. The van der Waals surface area contributed by atoms with Gasteiger partial charge in [-0.15, -0.1) is 0 Å². The minimum absolute atomic E-state index is 0.541. The van der Waals surface area contributed by atoms with Crippen LogP contribution in [0.15, 0.2) is 16.9 Å². The Morgan fingerprint density at radius 2 is 2.10 bits per heavy atom. The summed E-state index contributed by atoms with van der Waals surface area (Å²) in [7, 11) is 0. The molecule has 1 N–H and O–H groups in total. The smallest absolute Gasteiger partial charge is 0.0876 e. The van der Waals surface area contributed by atoms with Gasteiger partial charge in [-0.25, -0.2) is 0 Å². The van der Waals surface area contributed by atoms with Crippen LogP contribution in [0.3, 0.4) is 0 Å². The van der Waals surface area contributed by atoms with E-state index in [1.54, 1.807) is 6.20 Å². The molecule has 0 spiro atoms. The fraction of sp³-hybridized carbons (Fsp3) is 0.600. The van der Waals surface area contributed by atoms with Crippen molar-refractivity contribution in [3.63, 3.8) is 0 Å². The molecule has 0 radical (unpaired) electrons. The molecule has 0 bridgehead atoms. The second-order valence-corrected chi connectivity index (χ2v) is 5.93. The van der Waals surface area contributed by atoms with Crippen molar-refractivity contribution < 1.29 is 5.11 Å². The van der Waals surface area contributed by atoms with Crippen LogP contribution in [0.5, 0.6) is 0 Å². The highest BCUT2D eigenvalue weighted by molar-refractivity contribution is 9.10. The van der Waals surface area contributed by atoms with Crippen molar-refractivity contribution in [2.45, 2.75) is 59.2 Å². The van der Waals surface area contributed by atoms with Crippen molar-refractivity contribution in [2.24, 2.45) is 0 Å². The summed E-state index contributed by atoms with van der Waals surface area (Å²) in [5, 5.41) is 19.3. The van der Waals surface area contributed by atoms with Crippen LogP contribution in [0.2, 0.25) is 0 Å². The molecule has 0 saturated heterocycles. The Kier molecular flexibility index (Phi) is 5.58. The van der Waals surface area contributed by atoms with Crippen molar-refractivity contribution >= 4 is 15.9 Å². The molecule has 0 aliphatic carbocycles. The number of aliphatic hydroxyl groups is 1. The van der Waals surface area contributed by atoms with E-state index in [-0.39, 0.29) is 0 Å². The van der Waals surface area contributed by atoms with Crippen LogP contribution >= 0.6 is 15.9 Å². The Balaban J connectivity index is 2.18. The highest BCUT2D eigenvalue weighted by Crippen LogP contribution is 2.27. The Bertz CT molecular complexity index is 591. The van der Waals surface area contributed by atoms with Gasteiger partial charge in [-0.1, -0.05) is 13.8 Å². The summed E-state index contributed by atoms with van der Waals surface area (Å²) < 4.78 is 4.86. The number of rotatable bonds is 7. The summed E-state index contributed by atoms with van der Waals surface area (Å²) in [6.07, 6.45) is 5.57. The average molecular weight is 355 g/mol. The van der Waals surface area contributed by atoms with Gasteiger partial charge < -0.3 is 5.11 Å². The molecule has 6 heteroatoms. The fourth-order valence-electron chi connectivity index (χ4n) is 2.42. The maximum Gasteiger partial charge on any atom is 0.0876 e. The van der Waals surface area contributed by atoms with Gasteiger partial charge in [0.05, 0.1) is 28.2 Å². The summed E-state index contributed by atoms with van der Waals surface area (Å²) in [6, 6.07) is 0. The Hall–Kier alpha value is -1.14. The molecule has 1 atom stereocenters.